The van der Waals surface area contributed by atoms with Gasteiger partial charge in [-0.1, -0.05) is 0 Å². The molecule has 4 heterocycles. The standard InChI is InChI=1S/C13H13N7O/c14-11(21)10-9(12-16-2-1-3-17-12)13-18-8-5-15-4-7(8)6-20(13)19-10/h1-3,15,18H,4-6H2,(H2,14,21). The van der Waals surface area contributed by atoms with Crippen LogP contribution in [0.25, 0.3) is 11.4 Å². The molecule has 0 saturated heterocycles. The van der Waals surface area contributed by atoms with Gasteiger partial charge in [-0.25, -0.2) is 14.6 Å². The Morgan fingerprint density at radius 3 is 2.86 bits per heavy atom. The average Bonchev–Trinajstić information content (AvgIpc) is 3.08. The maximum Gasteiger partial charge on any atom is 0.270 e. The first-order chi connectivity index (χ1) is 10.2. The molecule has 2 aliphatic rings. The predicted octanol–water partition coefficient (Wildman–Crippen LogP) is -0.278. The largest absolute Gasteiger partial charge is 0.364 e. The number of nitrogens with one attached hydrogen (secondary N) is 2. The van der Waals surface area contributed by atoms with Crippen LogP contribution < -0.4 is 16.4 Å². The molecule has 106 valence electrons. The van der Waals surface area contributed by atoms with E-state index in [-0.39, 0.29) is 5.69 Å². The maximum absolute atomic E-state index is 11.7. The highest BCUT2D eigenvalue weighted by molar-refractivity contribution is 6.00. The number of hydrogen-bond acceptors (Lipinski definition) is 6. The summed E-state index contributed by atoms with van der Waals surface area (Å²) in [4.78, 5) is 20.1. The highest BCUT2D eigenvalue weighted by atomic mass is 16.1. The molecule has 8 heteroatoms. The second-order valence-corrected chi connectivity index (χ2v) is 4.98. The van der Waals surface area contributed by atoms with Crippen LogP contribution in [0.3, 0.4) is 0 Å². The zero-order valence-corrected chi connectivity index (χ0v) is 11.1. The number of nitrogens with two attached hydrogens (primary N) is 1. The van der Waals surface area contributed by atoms with Gasteiger partial charge in [0.15, 0.2) is 11.5 Å². The third kappa shape index (κ3) is 1.80. The minimum Gasteiger partial charge on any atom is -0.364 e. The van der Waals surface area contributed by atoms with Crippen molar-refractivity contribution < 1.29 is 4.79 Å². The fourth-order valence-corrected chi connectivity index (χ4v) is 2.69. The Balaban J connectivity index is 1.89. The fraction of sp³-hybridized carbons (Fsp3) is 0.231. The smallest absolute Gasteiger partial charge is 0.270 e. The summed E-state index contributed by atoms with van der Waals surface area (Å²) < 4.78 is 1.75. The Morgan fingerprint density at radius 2 is 2.10 bits per heavy atom. The van der Waals surface area contributed by atoms with Crippen LogP contribution in [0.4, 0.5) is 5.82 Å². The van der Waals surface area contributed by atoms with Crippen molar-refractivity contribution in [1.29, 1.82) is 0 Å². The van der Waals surface area contributed by atoms with Crippen molar-refractivity contribution >= 4 is 11.7 Å². The number of rotatable bonds is 2. The molecule has 2 aromatic heterocycles. The molecule has 0 saturated carbocycles. The van der Waals surface area contributed by atoms with Crippen LogP contribution in [0.15, 0.2) is 29.7 Å². The van der Waals surface area contributed by atoms with Gasteiger partial charge < -0.3 is 16.4 Å². The van der Waals surface area contributed by atoms with Crippen LogP contribution in [-0.4, -0.2) is 38.7 Å². The summed E-state index contributed by atoms with van der Waals surface area (Å²) >= 11 is 0. The van der Waals surface area contributed by atoms with Gasteiger partial charge in [0.2, 0.25) is 0 Å². The summed E-state index contributed by atoms with van der Waals surface area (Å²) in [5.74, 6) is 0.576. The molecule has 0 atom stereocenters. The Hall–Kier alpha value is -2.74. The first kappa shape index (κ1) is 12.0. The van der Waals surface area contributed by atoms with Crippen LogP contribution in [0.5, 0.6) is 0 Å². The fourth-order valence-electron chi connectivity index (χ4n) is 2.69. The summed E-state index contributed by atoms with van der Waals surface area (Å²) in [6, 6.07) is 1.72. The van der Waals surface area contributed by atoms with E-state index in [1.54, 1.807) is 23.1 Å². The Labute approximate surface area is 120 Å². The summed E-state index contributed by atoms with van der Waals surface area (Å²) in [5.41, 5.74) is 8.56. The summed E-state index contributed by atoms with van der Waals surface area (Å²) in [6.45, 7) is 2.24. The van der Waals surface area contributed by atoms with Crippen LogP contribution in [0.1, 0.15) is 10.5 Å². The number of carbonyl (C=O) groups excluding carboxylic acids is 1. The lowest BCUT2D eigenvalue weighted by Gasteiger charge is -2.19. The highest BCUT2D eigenvalue weighted by Crippen LogP contribution is 2.34. The van der Waals surface area contributed by atoms with E-state index in [2.05, 4.69) is 25.7 Å². The van der Waals surface area contributed by atoms with E-state index in [1.165, 1.54) is 5.57 Å². The zero-order valence-electron chi connectivity index (χ0n) is 11.1. The van der Waals surface area contributed by atoms with E-state index in [9.17, 15) is 4.79 Å². The molecule has 0 bridgehead atoms. The zero-order chi connectivity index (χ0) is 14.4. The van der Waals surface area contributed by atoms with E-state index in [1.807, 2.05) is 0 Å². The normalized spacial score (nSPS) is 16.4. The second kappa shape index (κ2) is 4.38. The van der Waals surface area contributed by atoms with Crippen LogP contribution >= 0.6 is 0 Å². The van der Waals surface area contributed by atoms with Crippen molar-refractivity contribution in [2.75, 3.05) is 18.4 Å². The van der Waals surface area contributed by atoms with Crippen LogP contribution in [-0.2, 0) is 6.54 Å². The molecule has 2 aromatic rings. The number of aromatic nitrogens is 4. The van der Waals surface area contributed by atoms with Crippen molar-refractivity contribution in [3.05, 3.63) is 35.4 Å². The molecule has 0 aromatic carbocycles. The van der Waals surface area contributed by atoms with Gasteiger partial charge in [-0.15, -0.1) is 0 Å². The predicted molar refractivity (Wildman–Crippen MR) is 75.3 cm³/mol. The minimum atomic E-state index is -0.584. The van der Waals surface area contributed by atoms with E-state index in [4.69, 9.17) is 5.73 Å². The minimum absolute atomic E-state index is 0.192. The quantitative estimate of drug-likeness (QED) is 0.699. The molecular formula is C13H13N7O. The van der Waals surface area contributed by atoms with Gasteiger partial charge in [0.05, 0.1) is 12.1 Å². The van der Waals surface area contributed by atoms with Crippen molar-refractivity contribution in [3.8, 4) is 11.4 Å². The lowest BCUT2D eigenvalue weighted by atomic mass is 10.1. The molecule has 0 spiro atoms. The van der Waals surface area contributed by atoms with Gasteiger partial charge in [0.25, 0.3) is 5.91 Å². The van der Waals surface area contributed by atoms with Gasteiger partial charge >= 0.3 is 0 Å². The van der Waals surface area contributed by atoms with E-state index < -0.39 is 5.91 Å². The van der Waals surface area contributed by atoms with Crippen molar-refractivity contribution in [2.45, 2.75) is 6.54 Å². The summed E-state index contributed by atoms with van der Waals surface area (Å²) in [6.07, 6.45) is 3.25. The van der Waals surface area contributed by atoms with Gasteiger partial charge in [-0.3, -0.25) is 4.79 Å². The maximum atomic E-state index is 11.7. The first-order valence-electron chi connectivity index (χ1n) is 6.60. The number of carbonyl (C=O) groups is 1. The molecule has 4 rings (SSSR count). The summed E-state index contributed by atoms with van der Waals surface area (Å²) in [5, 5.41) is 10.9. The molecule has 0 fully saturated rings. The van der Waals surface area contributed by atoms with Crippen LogP contribution in [0, 0.1) is 0 Å². The third-order valence-electron chi connectivity index (χ3n) is 3.65. The van der Waals surface area contributed by atoms with Gasteiger partial charge in [0, 0.05) is 31.2 Å². The Kier molecular flexibility index (Phi) is 2.51. The average molecular weight is 283 g/mol. The van der Waals surface area contributed by atoms with Gasteiger partial charge in [-0.2, -0.15) is 5.10 Å². The van der Waals surface area contributed by atoms with Crippen molar-refractivity contribution in [2.24, 2.45) is 5.73 Å². The second-order valence-electron chi connectivity index (χ2n) is 4.98. The highest BCUT2D eigenvalue weighted by Gasteiger charge is 2.30. The number of nitrogens with zero attached hydrogens (tertiary/aromatic N) is 4. The lowest BCUT2D eigenvalue weighted by molar-refractivity contribution is 0.0995. The molecule has 4 N–H and O–H groups in total. The molecule has 1 amide bonds. The van der Waals surface area contributed by atoms with Crippen molar-refractivity contribution in [1.82, 2.24) is 25.1 Å². The molecule has 8 nitrogen and oxygen atoms in total. The van der Waals surface area contributed by atoms with E-state index in [0.717, 1.165) is 24.6 Å². The molecule has 0 aliphatic carbocycles. The van der Waals surface area contributed by atoms with E-state index in [0.29, 0.717) is 17.9 Å². The monoisotopic (exact) mass is 283 g/mol. The summed E-state index contributed by atoms with van der Waals surface area (Å²) in [7, 11) is 0. The van der Waals surface area contributed by atoms with Crippen LogP contribution in [0.2, 0.25) is 0 Å². The third-order valence-corrected chi connectivity index (χ3v) is 3.65. The number of hydrogen-bond donors (Lipinski definition) is 3. The molecule has 21 heavy (non-hydrogen) atoms. The molecule has 2 aliphatic heterocycles. The molecule has 0 radical (unpaired) electrons. The first-order valence-corrected chi connectivity index (χ1v) is 6.60. The number of anilines is 1. The SMILES string of the molecule is NC(=O)c1nn2c(c1-c1ncccn1)NC1=C(CNC1)C2. The Morgan fingerprint density at radius 1 is 1.29 bits per heavy atom. The number of fused-ring (bicyclic) bond motifs is 1. The van der Waals surface area contributed by atoms with Gasteiger partial charge in [0.1, 0.15) is 5.82 Å². The molecule has 0 unspecified atom stereocenters. The van der Waals surface area contributed by atoms with Gasteiger partial charge in [-0.05, 0) is 11.6 Å². The topological polar surface area (TPSA) is 111 Å². The number of amides is 1. The van der Waals surface area contributed by atoms with Crippen molar-refractivity contribution in [3.63, 3.8) is 0 Å². The van der Waals surface area contributed by atoms with E-state index >= 15 is 0 Å². The molecular weight excluding hydrogens is 270 g/mol. The Bertz CT molecular complexity index is 762. The number of primary amides is 1. The lowest BCUT2D eigenvalue weighted by Crippen LogP contribution is -2.18.